The van der Waals surface area contributed by atoms with Gasteiger partial charge >= 0.3 is 0 Å². The van der Waals surface area contributed by atoms with E-state index in [0.717, 1.165) is 13.0 Å². The Kier molecular flexibility index (Phi) is 7.34. The molecule has 3 heterocycles. The number of nitro groups is 1. The van der Waals surface area contributed by atoms with Crippen LogP contribution in [0.15, 0.2) is 60.0 Å². The first kappa shape index (κ1) is 25.1. The third-order valence-electron chi connectivity index (χ3n) is 7.35. The van der Waals surface area contributed by atoms with E-state index < -0.39 is 4.92 Å². The van der Waals surface area contributed by atoms with Gasteiger partial charge in [0.1, 0.15) is 0 Å². The highest BCUT2D eigenvalue weighted by Gasteiger charge is 2.33. The Morgan fingerprint density at radius 3 is 2.43 bits per heavy atom. The third kappa shape index (κ3) is 5.28. The second-order valence-electron chi connectivity index (χ2n) is 9.61. The van der Waals surface area contributed by atoms with Crippen LogP contribution in [0.3, 0.4) is 0 Å². The van der Waals surface area contributed by atoms with Crippen molar-refractivity contribution in [1.82, 2.24) is 14.7 Å². The summed E-state index contributed by atoms with van der Waals surface area (Å²) in [6, 6.07) is 16.4. The molecule has 192 valence electrons. The van der Waals surface area contributed by atoms with E-state index in [0.29, 0.717) is 44.7 Å². The number of amides is 2. The van der Waals surface area contributed by atoms with Crippen molar-refractivity contribution in [2.75, 3.05) is 39.3 Å². The van der Waals surface area contributed by atoms with Crippen molar-refractivity contribution in [3.63, 3.8) is 0 Å². The first-order valence-electron chi connectivity index (χ1n) is 12.6. The van der Waals surface area contributed by atoms with Crippen LogP contribution in [0, 0.1) is 17.0 Å². The van der Waals surface area contributed by atoms with Crippen molar-refractivity contribution < 1.29 is 14.5 Å². The average Bonchev–Trinajstić information content (AvgIpc) is 3.24. The lowest BCUT2D eigenvalue weighted by Crippen LogP contribution is -2.45. The number of nitrogens with zero attached hydrogens (tertiary/aromatic N) is 4. The van der Waals surface area contributed by atoms with Gasteiger partial charge in [-0.15, -0.1) is 11.3 Å². The van der Waals surface area contributed by atoms with Crippen LogP contribution in [0.1, 0.15) is 44.4 Å². The zero-order valence-electron chi connectivity index (χ0n) is 20.8. The fraction of sp³-hybridized carbons (Fsp3) is 0.357. The molecule has 2 aliphatic rings. The maximum atomic E-state index is 13.5. The largest absolute Gasteiger partial charge is 0.340 e. The van der Waals surface area contributed by atoms with E-state index in [1.165, 1.54) is 45.8 Å². The molecule has 0 radical (unpaired) electrons. The van der Waals surface area contributed by atoms with Crippen LogP contribution < -0.4 is 0 Å². The molecule has 1 aromatic heterocycles. The molecule has 0 bridgehead atoms. The number of fused-ring (bicyclic) bond motifs is 1. The molecule has 5 rings (SSSR count). The van der Waals surface area contributed by atoms with Crippen LogP contribution in [0.4, 0.5) is 5.69 Å². The summed E-state index contributed by atoms with van der Waals surface area (Å²) in [6.07, 6.45) is 1.64. The molecule has 8 nitrogen and oxygen atoms in total. The minimum atomic E-state index is -0.477. The predicted molar refractivity (Wildman–Crippen MR) is 143 cm³/mol. The Hall–Kier alpha value is -3.56. The summed E-state index contributed by atoms with van der Waals surface area (Å²) >= 11 is 1.79. The van der Waals surface area contributed by atoms with Gasteiger partial charge in [-0.05, 0) is 60.0 Å². The van der Waals surface area contributed by atoms with Crippen molar-refractivity contribution >= 4 is 28.8 Å². The topological polar surface area (TPSA) is 87.0 Å². The minimum Gasteiger partial charge on any atom is -0.340 e. The molecule has 2 aromatic carbocycles. The lowest BCUT2D eigenvalue weighted by atomic mass is 9.90. The summed E-state index contributed by atoms with van der Waals surface area (Å²) in [4.78, 5) is 44.2. The van der Waals surface area contributed by atoms with E-state index in [4.69, 9.17) is 0 Å². The van der Waals surface area contributed by atoms with E-state index >= 15 is 0 Å². The van der Waals surface area contributed by atoms with Crippen LogP contribution in [0.2, 0.25) is 0 Å². The molecule has 3 aromatic rings. The van der Waals surface area contributed by atoms with E-state index in [2.05, 4.69) is 41.5 Å². The van der Waals surface area contributed by atoms with Gasteiger partial charge in [-0.3, -0.25) is 24.6 Å². The predicted octanol–water partition coefficient (Wildman–Crippen LogP) is 4.29. The second-order valence-corrected chi connectivity index (χ2v) is 10.6. The summed E-state index contributed by atoms with van der Waals surface area (Å²) in [5.41, 5.74) is 4.14. The number of nitro benzene ring substituents is 1. The van der Waals surface area contributed by atoms with Gasteiger partial charge in [-0.1, -0.05) is 24.3 Å². The highest BCUT2D eigenvalue weighted by atomic mass is 32.1. The molecule has 37 heavy (non-hydrogen) atoms. The number of hydrogen-bond donors (Lipinski definition) is 0. The molecule has 2 amide bonds. The van der Waals surface area contributed by atoms with Crippen LogP contribution in [0.5, 0.6) is 0 Å². The molecule has 0 aliphatic carbocycles. The monoisotopic (exact) mass is 518 g/mol. The molecule has 0 unspecified atom stereocenters. The van der Waals surface area contributed by atoms with Crippen molar-refractivity contribution in [2.24, 2.45) is 0 Å². The molecule has 2 aliphatic heterocycles. The highest BCUT2D eigenvalue weighted by molar-refractivity contribution is 7.10. The number of carbonyl (C=O) groups excluding carboxylic acids is 2. The number of thiophene rings is 1. The Labute approximate surface area is 220 Å². The Morgan fingerprint density at radius 2 is 1.68 bits per heavy atom. The van der Waals surface area contributed by atoms with Crippen LogP contribution >= 0.6 is 11.3 Å². The van der Waals surface area contributed by atoms with E-state index in [1.807, 2.05) is 11.0 Å². The quantitative estimate of drug-likeness (QED) is 0.372. The van der Waals surface area contributed by atoms with Gasteiger partial charge in [-0.25, -0.2) is 0 Å². The Balaban J connectivity index is 1.26. The minimum absolute atomic E-state index is 0.0412. The van der Waals surface area contributed by atoms with Crippen LogP contribution in [0.25, 0.3) is 0 Å². The standard InChI is InChI=1S/C28H30N4O4S/c1-20-5-2-3-6-23(20)27-24-12-18-37-25(24)11-15-31(27)19-26(33)29-13-4-14-30(17-16-29)28(34)21-7-9-22(10-8-21)32(35)36/h2-3,5-10,12,18,27H,4,11,13-17,19H2,1H3/t27-/m1/s1. The lowest BCUT2D eigenvalue weighted by molar-refractivity contribution is -0.384. The van der Waals surface area contributed by atoms with Gasteiger partial charge in [-0.2, -0.15) is 0 Å². The maximum Gasteiger partial charge on any atom is 0.269 e. The number of hydrogen-bond acceptors (Lipinski definition) is 6. The van der Waals surface area contributed by atoms with Crippen molar-refractivity contribution in [3.05, 3.63) is 97.2 Å². The normalized spacial score (nSPS) is 18.2. The summed E-state index contributed by atoms with van der Waals surface area (Å²) in [7, 11) is 0. The number of non-ortho nitro benzene ring substituents is 1. The first-order chi connectivity index (χ1) is 17.9. The molecular formula is C28H30N4O4S. The smallest absolute Gasteiger partial charge is 0.269 e. The summed E-state index contributed by atoms with van der Waals surface area (Å²) in [5, 5.41) is 13.1. The maximum absolute atomic E-state index is 13.5. The molecular weight excluding hydrogens is 488 g/mol. The van der Waals surface area contributed by atoms with Gasteiger partial charge < -0.3 is 9.80 Å². The van der Waals surface area contributed by atoms with Gasteiger partial charge in [0.15, 0.2) is 0 Å². The molecule has 0 saturated carbocycles. The highest BCUT2D eigenvalue weighted by Crippen LogP contribution is 2.38. The van der Waals surface area contributed by atoms with E-state index in [9.17, 15) is 19.7 Å². The molecule has 1 atom stereocenters. The van der Waals surface area contributed by atoms with Gasteiger partial charge in [0.05, 0.1) is 17.5 Å². The summed E-state index contributed by atoms with van der Waals surface area (Å²) in [5.74, 6) is -0.0771. The lowest BCUT2D eigenvalue weighted by Gasteiger charge is -2.37. The van der Waals surface area contributed by atoms with Gasteiger partial charge in [0.25, 0.3) is 11.6 Å². The molecule has 0 spiro atoms. The van der Waals surface area contributed by atoms with Crippen LogP contribution in [-0.2, 0) is 11.2 Å². The number of carbonyl (C=O) groups is 2. The zero-order valence-corrected chi connectivity index (χ0v) is 21.7. The fourth-order valence-electron chi connectivity index (χ4n) is 5.35. The van der Waals surface area contributed by atoms with E-state index in [1.54, 1.807) is 16.2 Å². The summed E-state index contributed by atoms with van der Waals surface area (Å²) < 4.78 is 0. The van der Waals surface area contributed by atoms with Crippen molar-refractivity contribution in [2.45, 2.75) is 25.8 Å². The fourth-order valence-corrected chi connectivity index (χ4v) is 6.25. The zero-order chi connectivity index (χ0) is 25.9. The second kappa shape index (κ2) is 10.8. The third-order valence-corrected chi connectivity index (χ3v) is 8.34. The van der Waals surface area contributed by atoms with Gasteiger partial charge in [0, 0.05) is 55.3 Å². The number of benzene rings is 2. The Morgan fingerprint density at radius 1 is 0.946 bits per heavy atom. The molecule has 0 N–H and O–H groups in total. The number of aryl methyl sites for hydroxylation is 1. The Bertz CT molecular complexity index is 1310. The van der Waals surface area contributed by atoms with Crippen molar-refractivity contribution in [1.29, 1.82) is 0 Å². The SMILES string of the molecule is Cc1ccccc1[C@@H]1c2ccsc2CCN1CC(=O)N1CCCN(C(=O)c2ccc([N+](=O)[O-])cc2)CC1. The van der Waals surface area contributed by atoms with Crippen molar-refractivity contribution in [3.8, 4) is 0 Å². The average molecular weight is 519 g/mol. The first-order valence-corrected chi connectivity index (χ1v) is 13.5. The van der Waals surface area contributed by atoms with E-state index in [-0.39, 0.29) is 23.5 Å². The summed E-state index contributed by atoms with van der Waals surface area (Å²) in [6.45, 7) is 5.37. The van der Waals surface area contributed by atoms with Gasteiger partial charge in [0.2, 0.25) is 5.91 Å². The molecule has 1 fully saturated rings. The van der Waals surface area contributed by atoms with Crippen LogP contribution in [-0.4, -0.2) is 70.7 Å². The molecule has 9 heteroatoms. The molecule has 1 saturated heterocycles. The number of rotatable bonds is 5.